The summed E-state index contributed by atoms with van der Waals surface area (Å²) in [5.74, 6) is -1.09. The molecule has 1 aromatic heterocycles. The van der Waals surface area contributed by atoms with Gasteiger partial charge in [-0.15, -0.1) is 0 Å². The average Bonchev–Trinajstić information content (AvgIpc) is 2.72. The van der Waals surface area contributed by atoms with Crippen LogP contribution in [-0.2, 0) is 11.2 Å². The van der Waals surface area contributed by atoms with E-state index in [1.807, 2.05) is 6.92 Å². The van der Waals surface area contributed by atoms with Crippen LogP contribution in [0.25, 0.3) is 11.3 Å². The Kier molecular flexibility index (Phi) is 3.64. The van der Waals surface area contributed by atoms with Crippen molar-refractivity contribution in [2.24, 2.45) is 0 Å². The number of nitrogens with zero attached hydrogens (tertiary/aromatic N) is 1. The number of carbonyl (C=O) groups is 1. The second-order valence-corrected chi connectivity index (χ2v) is 4.53. The van der Waals surface area contributed by atoms with Crippen molar-refractivity contribution < 1.29 is 14.3 Å². The van der Waals surface area contributed by atoms with E-state index in [-0.39, 0.29) is 12.2 Å². The molecule has 4 nitrogen and oxygen atoms in total. The Morgan fingerprint density at radius 2 is 2.16 bits per heavy atom. The van der Waals surface area contributed by atoms with Gasteiger partial charge in [-0.3, -0.25) is 9.89 Å². The number of aliphatic carboxylic acids is 1. The summed E-state index contributed by atoms with van der Waals surface area (Å²) in [5.41, 5.74) is 3.84. The van der Waals surface area contributed by atoms with Gasteiger partial charge in [-0.1, -0.05) is 0 Å². The van der Waals surface area contributed by atoms with Crippen LogP contribution in [0, 0.1) is 19.7 Å². The van der Waals surface area contributed by atoms with Crippen molar-refractivity contribution >= 4 is 5.97 Å². The van der Waals surface area contributed by atoms with E-state index < -0.39 is 5.97 Å². The van der Waals surface area contributed by atoms with Crippen molar-refractivity contribution in [1.29, 1.82) is 0 Å². The summed E-state index contributed by atoms with van der Waals surface area (Å²) in [6.45, 7) is 3.58. The van der Waals surface area contributed by atoms with Crippen LogP contribution in [0.2, 0.25) is 0 Å². The Hall–Kier alpha value is -2.17. The predicted octanol–water partition coefficient (Wildman–Crippen LogP) is 2.85. The number of aromatic nitrogens is 2. The number of carboxylic acids is 1. The normalized spacial score (nSPS) is 10.7. The lowest BCUT2D eigenvalue weighted by Crippen LogP contribution is -1.98. The van der Waals surface area contributed by atoms with Gasteiger partial charge in [-0.05, 0) is 49.6 Å². The van der Waals surface area contributed by atoms with Crippen molar-refractivity contribution in [2.45, 2.75) is 26.7 Å². The SMILES string of the molecule is Cc1cc(-c2n[nH]c(CCC(=O)O)c2C)ccc1F. The fourth-order valence-corrected chi connectivity index (χ4v) is 1.98. The van der Waals surface area contributed by atoms with Gasteiger partial charge in [-0.2, -0.15) is 5.10 Å². The molecule has 0 unspecified atom stereocenters. The minimum Gasteiger partial charge on any atom is -0.481 e. The summed E-state index contributed by atoms with van der Waals surface area (Å²) in [4.78, 5) is 10.6. The average molecular weight is 262 g/mol. The minimum absolute atomic E-state index is 0.0604. The number of carboxylic acid groups (broad SMARTS) is 1. The molecule has 0 fully saturated rings. The molecule has 1 heterocycles. The molecule has 0 atom stereocenters. The van der Waals surface area contributed by atoms with Crippen LogP contribution in [0.1, 0.15) is 23.2 Å². The van der Waals surface area contributed by atoms with E-state index in [0.717, 1.165) is 22.5 Å². The van der Waals surface area contributed by atoms with Crippen LogP contribution in [0.4, 0.5) is 4.39 Å². The molecule has 0 bridgehead atoms. The van der Waals surface area contributed by atoms with Crippen LogP contribution in [0.15, 0.2) is 18.2 Å². The van der Waals surface area contributed by atoms with E-state index in [2.05, 4.69) is 10.2 Å². The third-order valence-electron chi connectivity index (χ3n) is 3.13. The first-order chi connectivity index (χ1) is 8.99. The fourth-order valence-electron chi connectivity index (χ4n) is 1.98. The van der Waals surface area contributed by atoms with Crippen LogP contribution < -0.4 is 0 Å². The number of hydrogen-bond donors (Lipinski definition) is 2. The first kappa shape index (κ1) is 13.3. The van der Waals surface area contributed by atoms with E-state index in [1.54, 1.807) is 19.1 Å². The Balaban J connectivity index is 2.30. The van der Waals surface area contributed by atoms with Crippen molar-refractivity contribution in [2.75, 3.05) is 0 Å². The van der Waals surface area contributed by atoms with Gasteiger partial charge in [0.25, 0.3) is 0 Å². The van der Waals surface area contributed by atoms with Gasteiger partial charge in [0.05, 0.1) is 12.1 Å². The number of hydrogen-bond acceptors (Lipinski definition) is 2. The Bertz CT molecular complexity index is 620. The molecule has 2 rings (SSSR count). The zero-order valence-electron chi connectivity index (χ0n) is 10.8. The van der Waals surface area contributed by atoms with Crippen LogP contribution in [0.3, 0.4) is 0 Å². The summed E-state index contributed by atoms with van der Waals surface area (Å²) in [6.07, 6.45) is 0.471. The number of aryl methyl sites for hydroxylation is 2. The quantitative estimate of drug-likeness (QED) is 0.890. The zero-order valence-corrected chi connectivity index (χ0v) is 10.8. The summed E-state index contributed by atoms with van der Waals surface area (Å²) < 4.78 is 13.2. The van der Waals surface area contributed by atoms with Gasteiger partial charge in [0.15, 0.2) is 0 Å². The standard InChI is InChI=1S/C14H15FN2O2/c1-8-7-10(3-4-11(8)15)14-9(2)12(16-17-14)5-6-13(18)19/h3-4,7H,5-6H2,1-2H3,(H,16,17)(H,18,19). The minimum atomic E-state index is -0.840. The number of aromatic amines is 1. The fraction of sp³-hybridized carbons (Fsp3) is 0.286. The number of rotatable bonds is 4. The number of nitrogens with one attached hydrogen (secondary N) is 1. The largest absolute Gasteiger partial charge is 0.481 e. The highest BCUT2D eigenvalue weighted by molar-refractivity contribution is 5.68. The highest BCUT2D eigenvalue weighted by Crippen LogP contribution is 2.25. The highest BCUT2D eigenvalue weighted by Gasteiger charge is 2.12. The van der Waals surface area contributed by atoms with Gasteiger partial charge in [0.1, 0.15) is 5.82 Å². The van der Waals surface area contributed by atoms with Gasteiger partial charge in [-0.25, -0.2) is 4.39 Å². The molecule has 0 radical (unpaired) electrons. The molecule has 2 N–H and O–H groups in total. The lowest BCUT2D eigenvalue weighted by molar-refractivity contribution is -0.136. The Morgan fingerprint density at radius 1 is 1.42 bits per heavy atom. The third-order valence-corrected chi connectivity index (χ3v) is 3.13. The monoisotopic (exact) mass is 262 g/mol. The van der Waals surface area contributed by atoms with Crippen molar-refractivity contribution in [3.63, 3.8) is 0 Å². The Labute approximate surface area is 110 Å². The van der Waals surface area contributed by atoms with E-state index in [1.165, 1.54) is 6.07 Å². The van der Waals surface area contributed by atoms with Crippen LogP contribution in [-0.4, -0.2) is 21.3 Å². The first-order valence-electron chi connectivity index (χ1n) is 6.01. The molecule has 0 spiro atoms. The molecule has 0 amide bonds. The van der Waals surface area contributed by atoms with Crippen molar-refractivity contribution in [3.05, 3.63) is 40.8 Å². The van der Waals surface area contributed by atoms with Crippen LogP contribution >= 0.6 is 0 Å². The first-order valence-corrected chi connectivity index (χ1v) is 6.01. The highest BCUT2D eigenvalue weighted by atomic mass is 19.1. The molecule has 19 heavy (non-hydrogen) atoms. The number of H-pyrrole nitrogens is 1. The summed E-state index contributed by atoms with van der Waals surface area (Å²) >= 11 is 0. The molecule has 5 heteroatoms. The summed E-state index contributed by atoms with van der Waals surface area (Å²) in [5, 5.41) is 15.7. The Morgan fingerprint density at radius 3 is 2.79 bits per heavy atom. The van der Waals surface area contributed by atoms with E-state index >= 15 is 0 Å². The smallest absolute Gasteiger partial charge is 0.303 e. The molecule has 2 aromatic rings. The second kappa shape index (κ2) is 5.22. The maximum Gasteiger partial charge on any atom is 0.303 e. The summed E-state index contributed by atoms with van der Waals surface area (Å²) in [6, 6.07) is 4.82. The van der Waals surface area contributed by atoms with Gasteiger partial charge in [0, 0.05) is 11.3 Å². The van der Waals surface area contributed by atoms with Crippen molar-refractivity contribution in [3.8, 4) is 11.3 Å². The number of benzene rings is 1. The predicted molar refractivity (Wildman–Crippen MR) is 69.4 cm³/mol. The van der Waals surface area contributed by atoms with Gasteiger partial charge in [0.2, 0.25) is 0 Å². The molecular formula is C14H15FN2O2. The maximum absolute atomic E-state index is 13.2. The van der Waals surface area contributed by atoms with E-state index in [4.69, 9.17) is 5.11 Å². The molecular weight excluding hydrogens is 247 g/mol. The van der Waals surface area contributed by atoms with Gasteiger partial charge < -0.3 is 5.11 Å². The van der Waals surface area contributed by atoms with Crippen molar-refractivity contribution in [1.82, 2.24) is 10.2 Å². The third kappa shape index (κ3) is 2.81. The molecule has 100 valence electrons. The van der Waals surface area contributed by atoms with Gasteiger partial charge >= 0.3 is 5.97 Å². The molecule has 0 saturated carbocycles. The molecule has 0 aliphatic heterocycles. The maximum atomic E-state index is 13.2. The summed E-state index contributed by atoms with van der Waals surface area (Å²) in [7, 11) is 0. The topological polar surface area (TPSA) is 66.0 Å². The van der Waals surface area contributed by atoms with Crippen LogP contribution in [0.5, 0.6) is 0 Å². The molecule has 0 aliphatic rings. The second-order valence-electron chi connectivity index (χ2n) is 4.53. The lowest BCUT2D eigenvalue weighted by atomic mass is 10.0. The van der Waals surface area contributed by atoms with E-state index in [9.17, 15) is 9.18 Å². The molecule has 0 saturated heterocycles. The molecule has 0 aliphatic carbocycles. The van der Waals surface area contributed by atoms with E-state index in [0.29, 0.717) is 12.0 Å². The zero-order chi connectivity index (χ0) is 14.0. The lowest BCUT2D eigenvalue weighted by Gasteiger charge is -2.02. The number of halogens is 1. The molecule has 1 aromatic carbocycles.